The van der Waals surface area contributed by atoms with Crippen LogP contribution in [0.3, 0.4) is 0 Å². The number of fused-ring (bicyclic) bond motifs is 1. The molecule has 2 aliphatic heterocycles. The molecule has 118 valence electrons. The lowest BCUT2D eigenvalue weighted by Gasteiger charge is -2.28. The number of pyridine rings is 1. The molecule has 0 unspecified atom stereocenters. The van der Waals surface area contributed by atoms with E-state index in [9.17, 15) is 4.79 Å². The molecule has 3 fully saturated rings. The predicted octanol–water partition coefficient (Wildman–Crippen LogP) is 2.58. The maximum atomic E-state index is 11.8. The highest BCUT2D eigenvalue weighted by atomic mass is 16.5. The second kappa shape index (κ2) is 5.54. The van der Waals surface area contributed by atoms with Crippen LogP contribution in [0.15, 0.2) is 18.3 Å². The Labute approximate surface area is 131 Å². The van der Waals surface area contributed by atoms with Gasteiger partial charge in [0.25, 0.3) is 0 Å². The van der Waals surface area contributed by atoms with E-state index in [-0.39, 0.29) is 5.91 Å². The zero-order valence-electron chi connectivity index (χ0n) is 12.9. The van der Waals surface area contributed by atoms with Crippen molar-refractivity contribution in [3.63, 3.8) is 0 Å². The van der Waals surface area contributed by atoms with Crippen molar-refractivity contribution in [1.82, 2.24) is 4.98 Å². The van der Waals surface area contributed by atoms with Gasteiger partial charge in [-0.25, -0.2) is 4.98 Å². The summed E-state index contributed by atoms with van der Waals surface area (Å²) in [5, 5.41) is 3.48. The molecular weight excluding hydrogens is 278 g/mol. The minimum Gasteiger partial charge on any atom is -0.378 e. The molecule has 5 nitrogen and oxygen atoms in total. The summed E-state index contributed by atoms with van der Waals surface area (Å²) in [6.45, 7) is 2.65. The van der Waals surface area contributed by atoms with Crippen LogP contribution in [0.4, 0.5) is 11.5 Å². The molecule has 5 heteroatoms. The van der Waals surface area contributed by atoms with Crippen molar-refractivity contribution in [3.05, 3.63) is 18.3 Å². The zero-order chi connectivity index (χ0) is 15.0. The molecule has 1 aromatic heterocycles. The Morgan fingerprint density at radius 3 is 3.09 bits per heavy atom. The predicted molar refractivity (Wildman–Crippen MR) is 85.0 cm³/mol. The van der Waals surface area contributed by atoms with E-state index in [0.717, 1.165) is 44.0 Å². The van der Waals surface area contributed by atoms with Crippen molar-refractivity contribution in [2.75, 3.05) is 29.9 Å². The molecule has 3 heterocycles. The number of hydrogen-bond acceptors (Lipinski definition) is 4. The molecule has 2 saturated heterocycles. The highest BCUT2D eigenvalue weighted by Crippen LogP contribution is 2.47. The van der Waals surface area contributed by atoms with Gasteiger partial charge in [-0.15, -0.1) is 0 Å². The number of carbonyl (C=O) groups excluding carboxylic acids is 1. The van der Waals surface area contributed by atoms with Gasteiger partial charge in [0, 0.05) is 31.5 Å². The van der Waals surface area contributed by atoms with Crippen LogP contribution in [0.1, 0.15) is 38.5 Å². The fraction of sp³-hybridized carbons (Fsp3) is 0.647. The number of ether oxygens (including phenoxy) is 1. The molecule has 0 spiro atoms. The van der Waals surface area contributed by atoms with E-state index in [1.54, 1.807) is 6.20 Å². The Hall–Kier alpha value is -1.62. The number of hydrogen-bond donors (Lipinski definition) is 1. The number of nitrogens with one attached hydrogen (secondary N) is 1. The second-order valence-electron chi connectivity index (χ2n) is 6.77. The van der Waals surface area contributed by atoms with Gasteiger partial charge in [-0.05, 0) is 37.8 Å². The van der Waals surface area contributed by atoms with Crippen molar-refractivity contribution < 1.29 is 9.53 Å². The summed E-state index contributed by atoms with van der Waals surface area (Å²) < 4.78 is 5.86. The minimum absolute atomic E-state index is 0.207. The summed E-state index contributed by atoms with van der Waals surface area (Å²) in [7, 11) is 0. The van der Waals surface area contributed by atoms with Gasteiger partial charge in [-0.2, -0.15) is 0 Å². The minimum atomic E-state index is 0.207. The van der Waals surface area contributed by atoms with Crippen molar-refractivity contribution >= 4 is 17.4 Å². The third kappa shape index (κ3) is 2.37. The second-order valence-corrected chi connectivity index (χ2v) is 6.77. The van der Waals surface area contributed by atoms with E-state index in [2.05, 4.69) is 10.3 Å². The Morgan fingerprint density at radius 1 is 1.36 bits per heavy atom. The maximum absolute atomic E-state index is 11.8. The highest BCUT2D eigenvalue weighted by molar-refractivity contribution is 5.95. The number of anilines is 2. The first-order valence-corrected chi connectivity index (χ1v) is 8.39. The normalized spacial score (nSPS) is 30.8. The lowest BCUT2D eigenvalue weighted by molar-refractivity contribution is -0.117. The molecule has 4 rings (SSSR count). The summed E-state index contributed by atoms with van der Waals surface area (Å²) >= 11 is 0. The molecule has 1 saturated carbocycles. The van der Waals surface area contributed by atoms with Crippen LogP contribution < -0.4 is 10.2 Å². The van der Waals surface area contributed by atoms with E-state index < -0.39 is 0 Å². The van der Waals surface area contributed by atoms with E-state index >= 15 is 0 Å². The number of amides is 1. The standard InChI is InChI=1S/C17H23N3O2/c21-16-4-2-9-20(16)13-5-6-15(18-11-13)19-12-17-7-1-3-14(17)22-10-8-17/h5-6,11,14H,1-4,7-10,12H2,(H,18,19)/t14-,17-/m1/s1. The van der Waals surface area contributed by atoms with Gasteiger partial charge in [-0.3, -0.25) is 4.79 Å². The maximum Gasteiger partial charge on any atom is 0.227 e. The van der Waals surface area contributed by atoms with Gasteiger partial charge < -0.3 is 15.0 Å². The zero-order valence-corrected chi connectivity index (χ0v) is 12.9. The Balaban J connectivity index is 1.40. The summed E-state index contributed by atoms with van der Waals surface area (Å²) in [6, 6.07) is 3.98. The quantitative estimate of drug-likeness (QED) is 0.928. The fourth-order valence-corrected chi connectivity index (χ4v) is 4.19. The lowest BCUT2D eigenvalue weighted by Crippen LogP contribution is -2.33. The van der Waals surface area contributed by atoms with Gasteiger partial charge >= 0.3 is 0 Å². The van der Waals surface area contributed by atoms with Crippen molar-refractivity contribution in [1.29, 1.82) is 0 Å². The Bertz CT molecular complexity index is 548. The SMILES string of the molecule is O=C1CCCN1c1ccc(NC[C@]23CCC[C@H]2OCC3)nc1. The van der Waals surface area contributed by atoms with Gasteiger partial charge in [0.15, 0.2) is 0 Å². The molecule has 0 bridgehead atoms. The first-order chi connectivity index (χ1) is 10.8. The van der Waals surface area contributed by atoms with Gasteiger partial charge in [0.1, 0.15) is 5.82 Å². The molecule has 0 radical (unpaired) electrons. The van der Waals surface area contributed by atoms with E-state index in [1.165, 1.54) is 19.3 Å². The molecule has 1 aromatic rings. The van der Waals surface area contributed by atoms with Crippen LogP contribution in [-0.4, -0.2) is 36.7 Å². The Morgan fingerprint density at radius 2 is 2.32 bits per heavy atom. The van der Waals surface area contributed by atoms with Gasteiger partial charge in [0.2, 0.25) is 5.91 Å². The summed E-state index contributed by atoms with van der Waals surface area (Å²) in [4.78, 5) is 18.1. The molecule has 3 aliphatic rings. The summed E-state index contributed by atoms with van der Waals surface area (Å²) in [5.41, 5.74) is 1.22. The topological polar surface area (TPSA) is 54.5 Å². The van der Waals surface area contributed by atoms with Crippen LogP contribution in [0.25, 0.3) is 0 Å². The smallest absolute Gasteiger partial charge is 0.227 e. The van der Waals surface area contributed by atoms with Crippen LogP contribution in [0, 0.1) is 5.41 Å². The molecule has 22 heavy (non-hydrogen) atoms. The van der Waals surface area contributed by atoms with E-state index in [1.807, 2.05) is 17.0 Å². The summed E-state index contributed by atoms with van der Waals surface area (Å²) in [5.74, 6) is 1.10. The molecule has 0 aromatic carbocycles. The van der Waals surface area contributed by atoms with Crippen LogP contribution in [0.2, 0.25) is 0 Å². The first kappa shape index (κ1) is 14.0. The molecule has 1 N–H and O–H groups in total. The third-order valence-electron chi connectivity index (χ3n) is 5.50. The molecule has 1 aliphatic carbocycles. The van der Waals surface area contributed by atoms with Crippen LogP contribution in [0.5, 0.6) is 0 Å². The van der Waals surface area contributed by atoms with E-state index in [0.29, 0.717) is 17.9 Å². The molecule has 2 atom stereocenters. The average Bonchev–Trinajstić information content (AvgIpc) is 3.21. The highest BCUT2D eigenvalue weighted by Gasteiger charge is 2.47. The average molecular weight is 301 g/mol. The number of nitrogens with zero attached hydrogens (tertiary/aromatic N) is 2. The largest absolute Gasteiger partial charge is 0.378 e. The lowest BCUT2D eigenvalue weighted by atomic mass is 9.83. The van der Waals surface area contributed by atoms with Gasteiger partial charge in [-0.1, -0.05) is 6.42 Å². The number of aromatic nitrogens is 1. The molecule has 1 amide bonds. The number of carbonyl (C=O) groups is 1. The van der Waals surface area contributed by atoms with Crippen LogP contribution >= 0.6 is 0 Å². The third-order valence-corrected chi connectivity index (χ3v) is 5.50. The molecular formula is C17H23N3O2. The Kier molecular flexibility index (Phi) is 3.53. The van der Waals surface area contributed by atoms with Gasteiger partial charge in [0.05, 0.1) is 18.0 Å². The van der Waals surface area contributed by atoms with Crippen molar-refractivity contribution in [2.24, 2.45) is 5.41 Å². The van der Waals surface area contributed by atoms with Crippen molar-refractivity contribution in [2.45, 2.75) is 44.6 Å². The van der Waals surface area contributed by atoms with Crippen molar-refractivity contribution in [3.8, 4) is 0 Å². The number of rotatable bonds is 4. The monoisotopic (exact) mass is 301 g/mol. The summed E-state index contributed by atoms with van der Waals surface area (Å²) in [6.07, 6.45) is 8.73. The van der Waals surface area contributed by atoms with Crippen LogP contribution in [-0.2, 0) is 9.53 Å². The van der Waals surface area contributed by atoms with E-state index in [4.69, 9.17) is 4.74 Å². The fourth-order valence-electron chi connectivity index (χ4n) is 4.19. The first-order valence-electron chi connectivity index (χ1n) is 8.39.